The van der Waals surface area contributed by atoms with Crippen LogP contribution in [0.25, 0.3) is 22.6 Å². The average Bonchev–Trinajstić information content (AvgIpc) is 2.36. The summed E-state index contributed by atoms with van der Waals surface area (Å²) in [5, 5.41) is 12.2. The highest BCUT2D eigenvalue weighted by molar-refractivity contribution is 7.46. The van der Waals surface area contributed by atoms with E-state index in [-0.39, 0.29) is 33.7 Å². The van der Waals surface area contributed by atoms with E-state index in [1.165, 1.54) is 30.3 Å². The standard InChI is InChI=1S/C12H8NO7P/c14-7-1-3-9-11(5-7)19-12-6-8(20-21(16,17)18)2-4-10(12)13(9)15/h1-6H,(H2,16,17,18). The summed E-state index contributed by atoms with van der Waals surface area (Å²) in [6.45, 7) is 0. The van der Waals surface area contributed by atoms with Gasteiger partial charge in [-0.3, -0.25) is 14.6 Å². The highest BCUT2D eigenvalue weighted by Crippen LogP contribution is 2.38. The first-order valence-electron chi connectivity index (χ1n) is 5.69. The van der Waals surface area contributed by atoms with Crippen molar-refractivity contribution in [2.45, 2.75) is 0 Å². The number of benzene rings is 2. The normalized spacial score (nSPS) is 11.9. The van der Waals surface area contributed by atoms with E-state index in [1.54, 1.807) is 0 Å². The van der Waals surface area contributed by atoms with Gasteiger partial charge in [0.25, 0.3) is 11.2 Å². The van der Waals surface area contributed by atoms with Crippen molar-refractivity contribution in [3.05, 3.63) is 51.8 Å². The molecule has 1 aliphatic heterocycles. The molecule has 0 saturated carbocycles. The second-order valence-corrected chi connectivity index (χ2v) is 5.40. The molecule has 0 amide bonds. The van der Waals surface area contributed by atoms with Crippen molar-refractivity contribution in [3.63, 3.8) is 0 Å². The van der Waals surface area contributed by atoms with Crippen LogP contribution in [-0.2, 0) is 4.57 Å². The van der Waals surface area contributed by atoms with E-state index in [4.69, 9.17) is 14.2 Å². The maximum Gasteiger partial charge on any atom is 0.524 e. The topological polar surface area (TPSA) is 124 Å². The Hall–Kier alpha value is -2.41. The summed E-state index contributed by atoms with van der Waals surface area (Å²) < 4.78 is 21.2. The molecule has 1 aliphatic carbocycles. The van der Waals surface area contributed by atoms with Crippen LogP contribution in [0.1, 0.15) is 0 Å². The van der Waals surface area contributed by atoms with Gasteiger partial charge >= 0.3 is 7.82 Å². The predicted molar refractivity (Wildman–Crippen MR) is 70.7 cm³/mol. The van der Waals surface area contributed by atoms with Crippen LogP contribution in [-0.4, -0.2) is 9.79 Å². The molecule has 0 atom stereocenters. The van der Waals surface area contributed by atoms with Crippen LogP contribution in [0.2, 0.25) is 0 Å². The average molecular weight is 309 g/mol. The first-order valence-corrected chi connectivity index (χ1v) is 7.22. The zero-order valence-corrected chi connectivity index (χ0v) is 11.2. The summed E-state index contributed by atoms with van der Waals surface area (Å²) in [5.41, 5.74) is 0.0206. The van der Waals surface area contributed by atoms with Crippen molar-refractivity contribution >= 4 is 18.9 Å². The molecular weight excluding hydrogens is 301 g/mol. The summed E-state index contributed by atoms with van der Waals surface area (Å²) in [4.78, 5) is 28.8. The zero-order valence-electron chi connectivity index (χ0n) is 10.3. The number of rotatable bonds is 2. The lowest BCUT2D eigenvalue weighted by atomic mass is 10.2. The maximum atomic E-state index is 12.2. The van der Waals surface area contributed by atoms with Gasteiger partial charge in [0, 0.05) is 24.3 Å². The van der Waals surface area contributed by atoms with E-state index in [9.17, 15) is 14.6 Å². The third-order valence-corrected chi connectivity index (χ3v) is 3.19. The second kappa shape index (κ2) is 4.56. The number of phosphoric ester groups is 1. The Morgan fingerprint density at radius 3 is 2.67 bits per heavy atom. The van der Waals surface area contributed by atoms with E-state index >= 15 is 0 Å². The van der Waals surface area contributed by atoms with Gasteiger partial charge in [-0.05, 0) is 12.1 Å². The van der Waals surface area contributed by atoms with Crippen LogP contribution in [0.4, 0.5) is 0 Å². The van der Waals surface area contributed by atoms with Crippen molar-refractivity contribution in [2.24, 2.45) is 0 Å². The summed E-state index contributed by atoms with van der Waals surface area (Å²) in [6.07, 6.45) is 0. The highest BCUT2D eigenvalue weighted by atomic mass is 31.2. The molecule has 21 heavy (non-hydrogen) atoms. The molecule has 8 nitrogen and oxygen atoms in total. The van der Waals surface area contributed by atoms with Crippen molar-refractivity contribution < 1.29 is 28.0 Å². The molecule has 3 rings (SSSR count). The van der Waals surface area contributed by atoms with Crippen molar-refractivity contribution in [3.8, 4) is 17.2 Å². The van der Waals surface area contributed by atoms with E-state index in [2.05, 4.69) is 4.52 Å². The van der Waals surface area contributed by atoms with Gasteiger partial charge in [0.05, 0.1) is 0 Å². The molecule has 9 heteroatoms. The molecule has 0 spiro atoms. The number of fused-ring (bicyclic) bond motifs is 2. The summed E-state index contributed by atoms with van der Waals surface area (Å²) in [6, 6.07) is 7.44. The SMILES string of the molecule is O=c1ccc2[n+]([O-])c3ccc(OP(=O)(O)O)cc3oc-2c1. The van der Waals surface area contributed by atoms with Crippen LogP contribution < -0.4 is 14.7 Å². The van der Waals surface area contributed by atoms with Gasteiger partial charge in [0.2, 0.25) is 11.3 Å². The van der Waals surface area contributed by atoms with E-state index in [0.717, 1.165) is 6.07 Å². The Balaban J connectivity index is 2.26. The van der Waals surface area contributed by atoms with Gasteiger partial charge in [0.1, 0.15) is 5.75 Å². The van der Waals surface area contributed by atoms with Gasteiger partial charge in [0.15, 0.2) is 5.43 Å². The second-order valence-electron chi connectivity index (χ2n) is 4.24. The predicted octanol–water partition coefficient (Wildman–Crippen LogP) is 1.00. The Morgan fingerprint density at radius 1 is 1.19 bits per heavy atom. The quantitative estimate of drug-likeness (QED) is 0.313. The van der Waals surface area contributed by atoms with Gasteiger partial charge in [-0.1, -0.05) is 0 Å². The van der Waals surface area contributed by atoms with Crippen molar-refractivity contribution in [1.29, 1.82) is 0 Å². The van der Waals surface area contributed by atoms with Crippen LogP contribution in [0.15, 0.2) is 45.6 Å². The third-order valence-electron chi connectivity index (χ3n) is 2.74. The lowest BCUT2D eigenvalue weighted by Gasteiger charge is -2.10. The molecule has 0 unspecified atom stereocenters. The molecule has 0 radical (unpaired) electrons. The van der Waals surface area contributed by atoms with E-state index in [0.29, 0.717) is 4.73 Å². The first-order chi connectivity index (χ1) is 9.83. The lowest BCUT2D eigenvalue weighted by molar-refractivity contribution is -0.566. The first kappa shape index (κ1) is 13.6. The molecule has 1 aromatic carbocycles. The van der Waals surface area contributed by atoms with E-state index in [1.807, 2.05) is 0 Å². The summed E-state index contributed by atoms with van der Waals surface area (Å²) in [7, 11) is -4.71. The Morgan fingerprint density at radius 2 is 1.95 bits per heavy atom. The number of aromatic nitrogens is 1. The number of hydrogen-bond donors (Lipinski definition) is 2. The van der Waals surface area contributed by atoms with Crippen molar-refractivity contribution in [2.75, 3.05) is 0 Å². The fourth-order valence-corrected chi connectivity index (χ4v) is 2.32. The molecule has 1 aromatic rings. The number of nitrogens with zero attached hydrogens (tertiary/aromatic N) is 1. The largest absolute Gasteiger partial charge is 0.618 e. The monoisotopic (exact) mass is 309 g/mol. The number of phosphoric acid groups is 1. The fourth-order valence-electron chi connectivity index (χ4n) is 1.93. The smallest absolute Gasteiger partial charge is 0.524 e. The molecular formula is C12H8NO7P. The van der Waals surface area contributed by atoms with Gasteiger partial charge in [-0.2, -0.15) is 4.73 Å². The van der Waals surface area contributed by atoms with Gasteiger partial charge in [-0.15, -0.1) is 0 Å². The van der Waals surface area contributed by atoms with Crippen LogP contribution in [0, 0.1) is 5.21 Å². The third kappa shape index (κ3) is 2.59. The minimum absolute atomic E-state index is 0.0362. The summed E-state index contributed by atoms with van der Waals surface area (Å²) >= 11 is 0. The number of hydrogen-bond acceptors (Lipinski definition) is 5. The molecule has 2 N–H and O–H groups in total. The van der Waals surface area contributed by atoms with Gasteiger partial charge in [-0.25, -0.2) is 4.57 Å². The minimum Gasteiger partial charge on any atom is -0.618 e. The summed E-state index contributed by atoms with van der Waals surface area (Å²) in [5.74, 6) is -0.0875. The fraction of sp³-hybridized carbons (Fsp3) is 0. The Kier molecular flexibility index (Phi) is 2.94. The minimum atomic E-state index is -4.71. The maximum absolute atomic E-state index is 12.2. The molecule has 0 saturated heterocycles. The van der Waals surface area contributed by atoms with E-state index < -0.39 is 7.82 Å². The van der Waals surface area contributed by atoms with Crippen LogP contribution in [0.5, 0.6) is 5.75 Å². The van der Waals surface area contributed by atoms with Gasteiger partial charge < -0.3 is 14.1 Å². The Labute approximate surface area is 117 Å². The lowest BCUT2D eigenvalue weighted by Crippen LogP contribution is -2.31. The van der Waals surface area contributed by atoms with Crippen molar-refractivity contribution in [1.82, 2.24) is 0 Å². The van der Waals surface area contributed by atoms with Crippen LogP contribution in [0.3, 0.4) is 0 Å². The Bertz CT molecular complexity index is 913. The molecule has 0 fully saturated rings. The molecule has 0 bridgehead atoms. The zero-order chi connectivity index (χ0) is 15.2. The molecule has 2 aliphatic rings. The molecule has 0 aromatic heterocycles. The molecule has 1 heterocycles. The van der Waals surface area contributed by atoms with Crippen LogP contribution >= 0.6 is 7.82 Å². The highest BCUT2D eigenvalue weighted by Gasteiger charge is 2.21. The molecule has 108 valence electrons.